The lowest BCUT2D eigenvalue weighted by molar-refractivity contribution is 0.0736. The number of para-hydroxylation sites is 3. The van der Waals surface area contributed by atoms with Crippen LogP contribution >= 0.6 is 0 Å². The molecule has 0 aliphatic carbocycles. The van der Waals surface area contributed by atoms with Crippen LogP contribution in [-0.4, -0.2) is 55.8 Å². The van der Waals surface area contributed by atoms with Crippen LogP contribution in [0.5, 0.6) is 11.5 Å². The number of hydrogen-bond acceptors (Lipinski definition) is 5. The summed E-state index contributed by atoms with van der Waals surface area (Å²) in [5.41, 5.74) is 4.30. The molecule has 7 nitrogen and oxygen atoms in total. The van der Waals surface area contributed by atoms with E-state index in [1.807, 2.05) is 64.1 Å². The van der Waals surface area contributed by atoms with Gasteiger partial charge in [-0.25, -0.2) is 0 Å². The number of carbonyl (C=O) groups excluding carboxylic acids is 1. The van der Waals surface area contributed by atoms with Crippen molar-refractivity contribution in [2.24, 2.45) is 0 Å². The van der Waals surface area contributed by atoms with Crippen LogP contribution in [0.1, 0.15) is 16.1 Å². The Morgan fingerprint density at radius 2 is 1.61 bits per heavy atom. The molecule has 4 aromatic rings. The van der Waals surface area contributed by atoms with Crippen molar-refractivity contribution in [1.29, 1.82) is 0 Å². The van der Waals surface area contributed by atoms with Gasteiger partial charge in [0, 0.05) is 43.9 Å². The number of aromatic nitrogens is 1. The van der Waals surface area contributed by atoms with Gasteiger partial charge < -0.3 is 28.3 Å². The van der Waals surface area contributed by atoms with Crippen LogP contribution in [-0.2, 0) is 6.54 Å². The van der Waals surface area contributed by atoms with E-state index < -0.39 is 0 Å². The third-order valence-electron chi connectivity index (χ3n) is 6.26. The highest BCUT2D eigenvalue weighted by atomic mass is 16.5. The average molecular weight is 446 g/mol. The molecular weight excluding hydrogens is 418 g/mol. The van der Waals surface area contributed by atoms with Crippen LogP contribution in [0.15, 0.2) is 71.3 Å². The van der Waals surface area contributed by atoms with Crippen molar-refractivity contribution in [3.8, 4) is 11.5 Å². The van der Waals surface area contributed by atoms with Crippen LogP contribution in [0.3, 0.4) is 0 Å². The maximum Gasteiger partial charge on any atom is 0.270 e. The van der Waals surface area contributed by atoms with Crippen LogP contribution in [0.4, 0.5) is 5.69 Å². The molecule has 0 spiro atoms. The number of piperazine rings is 1. The van der Waals surface area contributed by atoms with Gasteiger partial charge in [0.25, 0.3) is 5.91 Å². The summed E-state index contributed by atoms with van der Waals surface area (Å²) in [6.45, 7) is 3.29. The Hall–Kier alpha value is -3.87. The molecule has 0 N–H and O–H groups in total. The summed E-state index contributed by atoms with van der Waals surface area (Å²) in [4.78, 5) is 17.8. The fourth-order valence-corrected chi connectivity index (χ4v) is 4.53. The van der Waals surface area contributed by atoms with Crippen molar-refractivity contribution in [1.82, 2.24) is 9.47 Å². The number of methoxy groups -OCH3 is 2. The molecule has 33 heavy (non-hydrogen) atoms. The van der Waals surface area contributed by atoms with Gasteiger partial charge in [0.05, 0.1) is 38.2 Å². The number of carbonyl (C=O) groups is 1. The van der Waals surface area contributed by atoms with E-state index >= 15 is 0 Å². The average Bonchev–Trinajstić information content (AvgIpc) is 3.46. The summed E-state index contributed by atoms with van der Waals surface area (Å²) in [6, 6.07) is 19.6. The Labute approximate surface area is 192 Å². The van der Waals surface area contributed by atoms with E-state index in [1.54, 1.807) is 20.5 Å². The smallest absolute Gasteiger partial charge is 0.270 e. The van der Waals surface area contributed by atoms with Gasteiger partial charge in [-0.05, 0) is 18.2 Å². The number of amides is 1. The summed E-state index contributed by atoms with van der Waals surface area (Å²) < 4.78 is 18.7. The molecule has 1 amide bonds. The van der Waals surface area contributed by atoms with E-state index in [4.69, 9.17) is 13.9 Å². The normalized spacial score (nSPS) is 14.0. The number of ether oxygens (including phenoxy) is 2. The predicted octanol–water partition coefficient (Wildman–Crippen LogP) is 4.26. The van der Waals surface area contributed by atoms with Gasteiger partial charge in [-0.2, -0.15) is 0 Å². The first kappa shape index (κ1) is 21.0. The molecule has 7 heteroatoms. The highest BCUT2D eigenvalue weighted by molar-refractivity contribution is 5.97. The second-order valence-electron chi connectivity index (χ2n) is 8.05. The highest BCUT2D eigenvalue weighted by Gasteiger charge is 2.27. The van der Waals surface area contributed by atoms with E-state index in [-0.39, 0.29) is 5.91 Å². The maximum absolute atomic E-state index is 13.6. The standard InChI is InChI=1S/C26H27N3O4/c1-31-23-9-5-3-7-19(23)18-29-21-11-16-33-25(21)17-22(29)26(30)28-14-12-27(13-15-28)20-8-4-6-10-24(20)32-2/h3-11,16-17H,12-15,18H2,1-2H3. The molecule has 2 aromatic carbocycles. The Kier molecular flexibility index (Phi) is 5.69. The Bertz CT molecular complexity index is 1270. The zero-order valence-corrected chi connectivity index (χ0v) is 18.9. The lowest BCUT2D eigenvalue weighted by Gasteiger charge is -2.36. The molecule has 3 heterocycles. The van der Waals surface area contributed by atoms with Crippen molar-refractivity contribution >= 4 is 22.7 Å². The zero-order valence-electron chi connectivity index (χ0n) is 18.9. The maximum atomic E-state index is 13.6. The van der Waals surface area contributed by atoms with E-state index in [1.165, 1.54) is 0 Å². The Morgan fingerprint density at radius 1 is 0.909 bits per heavy atom. The SMILES string of the molecule is COc1ccccc1Cn1c(C(=O)N2CCN(c3ccccc3OC)CC2)cc2occc21. The molecular formula is C26H27N3O4. The lowest BCUT2D eigenvalue weighted by Crippen LogP contribution is -2.49. The number of hydrogen-bond donors (Lipinski definition) is 0. The zero-order chi connectivity index (χ0) is 22.8. The third kappa shape index (κ3) is 3.91. The molecule has 1 saturated heterocycles. The summed E-state index contributed by atoms with van der Waals surface area (Å²) in [7, 11) is 3.35. The number of fused-ring (bicyclic) bond motifs is 1. The Morgan fingerprint density at radius 3 is 2.36 bits per heavy atom. The van der Waals surface area contributed by atoms with Crippen LogP contribution < -0.4 is 14.4 Å². The number of nitrogens with zero attached hydrogens (tertiary/aromatic N) is 3. The minimum atomic E-state index is 0.0102. The van der Waals surface area contributed by atoms with Crippen LogP contribution in [0, 0.1) is 0 Å². The molecule has 1 fully saturated rings. The molecule has 0 atom stereocenters. The molecule has 2 aromatic heterocycles. The van der Waals surface area contributed by atoms with Crippen molar-refractivity contribution in [2.45, 2.75) is 6.54 Å². The molecule has 0 bridgehead atoms. The number of anilines is 1. The molecule has 0 unspecified atom stereocenters. The topological polar surface area (TPSA) is 60.1 Å². The summed E-state index contributed by atoms with van der Waals surface area (Å²) in [6.07, 6.45) is 1.66. The van der Waals surface area contributed by atoms with Crippen molar-refractivity contribution < 1.29 is 18.7 Å². The van der Waals surface area contributed by atoms with E-state index in [2.05, 4.69) is 11.0 Å². The summed E-state index contributed by atoms with van der Waals surface area (Å²) >= 11 is 0. The molecule has 170 valence electrons. The van der Waals surface area contributed by atoms with Gasteiger partial charge in [0.15, 0.2) is 5.58 Å². The van der Waals surface area contributed by atoms with Crippen molar-refractivity contribution in [3.05, 3.63) is 78.2 Å². The summed E-state index contributed by atoms with van der Waals surface area (Å²) in [5, 5.41) is 0. The van der Waals surface area contributed by atoms with Crippen LogP contribution in [0.2, 0.25) is 0 Å². The van der Waals surface area contributed by atoms with Gasteiger partial charge in [-0.15, -0.1) is 0 Å². The number of furan rings is 1. The fourth-order valence-electron chi connectivity index (χ4n) is 4.53. The second-order valence-corrected chi connectivity index (χ2v) is 8.05. The second kappa shape index (κ2) is 8.94. The van der Waals surface area contributed by atoms with Gasteiger partial charge in [0.1, 0.15) is 17.2 Å². The lowest BCUT2D eigenvalue weighted by atomic mass is 10.2. The van der Waals surface area contributed by atoms with E-state index in [9.17, 15) is 4.79 Å². The minimum absolute atomic E-state index is 0.0102. The van der Waals surface area contributed by atoms with Crippen molar-refractivity contribution in [2.75, 3.05) is 45.3 Å². The monoisotopic (exact) mass is 445 g/mol. The summed E-state index contributed by atoms with van der Waals surface area (Å²) in [5.74, 6) is 1.66. The van der Waals surface area contributed by atoms with Gasteiger partial charge in [-0.3, -0.25) is 4.79 Å². The highest BCUT2D eigenvalue weighted by Crippen LogP contribution is 2.30. The first-order valence-corrected chi connectivity index (χ1v) is 11.1. The number of benzene rings is 2. The van der Waals surface area contributed by atoms with Crippen LogP contribution in [0.25, 0.3) is 11.1 Å². The first-order valence-electron chi connectivity index (χ1n) is 11.1. The largest absolute Gasteiger partial charge is 0.496 e. The predicted molar refractivity (Wildman–Crippen MR) is 127 cm³/mol. The van der Waals surface area contributed by atoms with Gasteiger partial charge in [0.2, 0.25) is 0 Å². The first-order chi connectivity index (χ1) is 16.2. The number of rotatable bonds is 6. The molecule has 1 aliphatic rings. The fraction of sp³-hybridized carbons (Fsp3) is 0.269. The third-order valence-corrected chi connectivity index (χ3v) is 6.26. The molecule has 5 rings (SSSR count). The van der Waals surface area contributed by atoms with Crippen molar-refractivity contribution in [3.63, 3.8) is 0 Å². The quantitative estimate of drug-likeness (QED) is 0.444. The van der Waals surface area contributed by atoms with Gasteiger partial charge in [-0.1, -0.05) is 30.3 Å². The van der Waals surface area contributed by atoms with E-state index in [0.29, 0.717) is 30.9 Å². The molecule has 1 aliphatic heterocycles. The van der Waals surface area contributed by atoms with E-state index in [0.717, 1.165) is 41.4 Å². The molecule has 0 saturated carbocycles. The minimum Gasteiger partial charge on any atom is -0.496 e. The Balaban J connectivity index is 1.38. The molecule has 0 radical (unpaired) electrons. The van der Waals surface area contributed by atoms with Gasteiger partial charge >= 0.3 is 0 Å².